The number of primary sulfonamides is 1. The van der Waals surface area contributed by atoms with Gasteiger partial charge < -0.3 is 0 Å². The monoisotopic (exact) mass is 317 g/mol. The van der Waals surface area contributed by atoms with E-state index in [0.717, 1.165) is 22.9 Å². The molecular weight excluding hydrogens is 308 g/mol. The summed E-state index contributed by atoms with van der Waals surface area (Å²) in [4.78, 5) is 23.9. The standard InChI is InChI=1S/C11H9F2N3O4S/c12-7-2-1-6(3-8(7)13)4-16-5-9(21(14,19)20)10(17)15-11(16)18/h1-3,5H,4H2,(H2,14,19,20)(H,15,17,18). The van der Waals surface area contributed by atoms with Gasteiger partial charge in [-0.2, -0.15) is 0 Å². The number of rotatable bonds is 3. The zero-order chi connectivity index (χ0) is 15.8. The average molecular weight is 317 g/mol. The molecule has 2 aromatic rings. The van der Waals surface area contributed by atoms with E-state index in [2.05, 4.69) is 0 Å². The Morgan fingerprint density at radius 3 is 2.43 bits per heavy atom. The van der Waals surface area contributed by atoms with E-state index in [4.69, 9.17) is 5.14 Å². The third-order valence-corrected chi connectivity index (χ3v) is 3.53. The molecule has 21 heavy (non-hydrogen) atoms. The molecule has 1 heterocycles. The Hall–Kier alpha value is -2.33. The lowest BCUT2D eigenvalue weighted by atomic mass is 10.2. The van der Waals surface area contributed by atoms with Crippen molar-refractivity contribution in [3.8, 4) is 0 Å². The van der Waals surface area contributed by atoms with Crippen LogP contribution in [0.25, 0.3) is 0 Å². The number of nitrogens with two attached hydrogens (primary N) is 1. The number of sulfonamides is 1. The molecule has 112 valence electrons. The van der Waals surface area contributed by atoms with Gasteiger partial charge in [0.1, 0.15) is 0 Å². The van der Waals surface area contributed by atoms with Gasteiger partial charge in [-0.15, -0.1) is 0 Å². The van der Waals surface area contributed by atoms with Crippen LogP contribution < -0.4 is 16.4 Å². The minimum atomic E-state index is -4.32. The first kappa shape index (κ1) is 15.1. The number of hydrogen-bond donors (Lipinski definition) is 2. The molecule has 0 amide bonds. The van der Waals surface area contributed by atoms with E-state index in [1.165, 1.54) is 6.07 Å². The lowest BCUT2D eigenvalue weighted by Gasteiger charge is -2.07. The predicted molar refractivity (Wildman–Crippen MR) is 68.2 cm³/mol. The minimum absolute atomic E-state index is 0.198. The van der Waals surface area contributed by atoms with Gasteiger partial charge in [-0.1, -0.05) is 6.07 Å². The maximum atomic E-state index is 13.1. The number of H-pyrrole nitrogens is 1. The summed E-state index contributed by atoms with van der Waals surface area (Å²) in [5.74, 6) is -2.17. The number of aromatic nitrogens is 2. The molecule has 7 nitrogen and oxygen atoms in total. The first-order valence-electron chi connectivity index (χ1n) is 5.49. The van der Waals surface area contributed by atoms with Crippen LogP contribution in [0.5, 0.6) is 0 Å². The molecule has 0 spiro atoms. The van der Waals surface area contributed by atoms with E-state index in [9.17, 15) is 26.8 Å². The summed E-state index contributed by atoms with van der Waals surface area (Å²) in [6.07, 6.45) is 0.748. The first-order chi connectivity index (χ1) is 9.68. The molecule has 2 rings (SSSR count). The van der Waals surface area contributed by atoms with E-state index < -0.39 is 37.8 Å². The molecule has 10 heteroatoms. The lowest BCUT2D eigenvalue weighted by molar-refractivity contribution is 0.506. The number of benzene rings is 1. The van der Waals surface area contributed by atoms with Gasteiger partial charge in [-0.05, 0) is 17.7 Å². The van der Waals surface area contributed by atoms with E-state index >= 15 is 0 Å². The van der Waals surface area contributed by atoms with E-state index in [-0.39, 0.29) is 12.1 Å². The highest BCUT2D eigenvalue weighted by molar-refractivity contribution is 7.89. The summed E-state index contributed by atoms with van der Waals surface area (Å²) >= 11 is 0. The van der Waals surface area contributed by atoms with Crippen LogP contribution in [0.1, 0.15) is 5.56 Å². The molecule has 0 saturated carbocycles. The van der Waals surface area contributed by atoms with Gasteiger partial charge in [0.05, 0.1) is 6.54 Å². The summed E-state index contributed by atoms with van der Waals surface area (Å²) in [6.45, 7) is -0.269. The molecule has 0 radical (unpaired) electrons. The largest absolute Gasteiger partial charge is 0.328 e. The molecule has 1 aromatic heterocycles. The summed E-state index contributed by atoms with van der Waals surface area (Å²) < 4.78 is 49.1. The van der Waals surface area contributed by atoms with Crippen molar-refractivity contribution in [3.05, 3.63) is 62.4 Å². The zero-order valence-electron chi connectivity index (χ0n) is 10.3. The number of halogens is 2. The summed E-state index contributed by atoms with van der Waals surface area (Å²) in [7, 11) is -4.32. The van der Waals surface area contributed by atoms with Crippen LogP contribution in [-0.4, -0.2) is 18.0 Å². The molecule has 1 aromatic carbocycles. The van der Waals surface area contributed by atoms with Gasteiger partial charge in [0.25, 0.3) is 5.56 Å². The van der Waals surface area contributed by atoms with Crippen molar-refractivity contribution < 1.29 is 17.2 Å². The lowest BCUT2D eigenvalue weighted by Crippen LogP contribution is -2.34. The van der Waals surface area contributed by atoms with Crippen LogP contribution in [0.15, 0.2) is 38.9 Å². The third kappa shape index (κ3) is 3.23. The highest BCUT2D eigenvalue weighted by atomic mass is 32.2. The minimum Gasteiger partial charge on any atom is -0.295 e. The normalized spacial score (nSPS) is 11.6. The molecule has 0 fully saturated rings. The van der Waals surface area contributed by atoms with Crippen LogP contribution in [0.2, 0.25) is 0 Å². The molecule has 0 aliphatic rings. The van der Waals surface area contributed by atoms with Crippen molar-refractivity contribution in [3.63, 3.8) is 0 Å². The van der Waals surface area contributed by atoms with Crippen LogP contribution >= 0.6 is 0 Å². The van der Waals surface area contributed by atoms with Crippen molar-refractivity contribution in [2.75, 3.05) is 0 Å². The molecule has 0 aliphatic carbocycles. The Morgan fingerprint density at radius 1 is 1.19 bits per heavy atom. The fourth-order valence-corrected chi connectivity index (χ4v) is 2.23. The Bertz CT molecular complexity index is 918. The van der Waals surface area contributed by atoms with Crippen LogP contribution in [0, 0.1) is 11.6 Å². The van der Waals surface area contributed by atoms with Crippen molar-refractivity contribution in [2.24, 2.45) is 5.14 Å². The van der Waals surface area contributed by atoms with Gasteiger partial charge in [0.15, 0.2) is 16.5 Å². The number of nitrogens with one attached hydrogen (secondary N) is 1. The second-order valence-corrected chi connectivity index (χ2v) is 5.70. The molecule has 3 N–H and O–H groups in total. The fraction of sp³-hybridized carbons (Fsp3) is 0.0909. The molecule has 0 unspecified atom stereocenters. The van der Waals surface area contributed by atoms with Gasteiger partial charge in [-0.25, -0.2) is 27.1 Å². The third-order valence-electron chi connectivity index (χ3n) is 2.62. The quantitative estimate of drug-likeness (QED) is 0.795. The van der Waals surface area contributed by atoms with Gasteiger partial charge in [0, 0.05) is 6.20 Å². The molecular formula is C11H9F2N3O4S. The summed E-state index contributed by atoms with van der Waals surface area (Å²) in [5, 5.41) is 4.84. The molecule has 0 bridgehead atoms. The highest BCUT2D eigenvalue weighted by Crippen LogP contribution is 2.09. The van der Waals surface area contributed by atoms with E-state index in [1.54, 1.807) is 4.98 Å². The van der Waals surface area contributed by atoms with Crippen LogP contribution in [0.4, 0.5) is 8.78 Å². The van der Waals surface area contributed by atoms with E-state index in [0.29, 0.717) is 0 Å². The molecule has 0 atom stereocenters. The van der Waals surface area contributed by atoms with Gasteiger partial charge >= 0.3 is 5.69 Å². The van der Waals surface area contributed by atoms with E-state index in [1.807, 2.05) is 0 Å². The molecule has 0 saturated heterocycles. The predicted octanol–water partition coefficient (Wildman–Crippen LogP) is -0.489. The Kier molecular flexibility index (Phi) is 3.75. The van der Waals surface area contributed by atoms with Crippen molar-refractivity contribution >= 4 is 10.0 Å². The topological polar surface area (TPSA) is 115 Å². The maximum Gasteiger partial charge on any atom is 0.328 e. The summed E-state index contributed by atoms with van der Waals surface area (Å²) in [5.41, 5.74) is -1.86. The SMILES string of the molecule is NS(=O)(=O)c1cn(Cc2ccc(F)c(F)c2)c(=O)[nH]c1=O. The van der Waals surface area contributed by atoms with Crippen LogP contribution in [-0.2, 0) is 16.6 Å². The fourth-order valence-electron chi connectivity index (χ4n) is 1.64. The highest BCUT2D eigenvalue weighted by Gasteiger charge is 2.15. The Labute approximate surface area is 116 Å². The second-order valence-electron chi connectivity index (χ2n) is 4.17. The average Bonchev–Trinajstić information content (AvgIpc) is 2.35. The van der Waals surface area contributed by atoms with Gasteiger partial charge in [-0.3, -0.25) is 14.3 Å². The van der Waals surface area contributed by atoms with Crippen molar-refractivity contribution in [1.82, 2.24) is 9.55 Å². The second kappa shape index (κ2) is 5.22. The number of hydrogen-bond acceptors (Lipinski definition) is 4. The van der Waals surface area contributed by atoms with Crippen LogP contribution in [0.3, 0.4) is 0 Å². The first-order valence-corrected chi connectivity index (χ1v) is 7.03. The van der Waals surface area contributed by atoms with Crippen molar-refractivity contribution in [1.29, 1.82) is 0 Å². The number of aromatic amines is 1. The zero-order valence-corrected chi connectivity index (χ0v) is 11.2. The Morgan fingerprint density at radius 2 is 1.86 bits per heavy atom. The Balaban J connectivity index is 2.52. The summed E-state index contributed by atoms with van der Waals surface area (Å²) in [6, 6.07) is 2.93. The number of nitrogens with zero attached hydrogens (tertiary/aromatic N) is 1. The van der Waals surface area contributed by atoms with Crippen molar-refractivity contribution in [2.45, 2.75) is 11.4 Å². The molecule has 0 aliphatic heterocycles. The maximum absolute atomic E-state index is 13.1. The smallest absolute Gasteiger partial charge is 0.295 e. The van der Waals surface area contributed by atoms with Gasteiger partial charge in [0.2, 0.25) is 10.0 Å².